The van der Waals surface area contributed by atoms with Gasteiger partial charge in [-0.15, -0.1) is 0 Å². The average Bonchev–Trinajstić information content (AvgIpc) is 3.15. The zero-order valence-corrected chi connectivity index (χ0v) is 16.1. The number of benzene rings is 2. The largest absolute Gasteiger partial charge is 0.356 e. The fraction of sp³-hybridized carbons (Fsp3) is 0.435. The molecule has 0 aliphatic carbocycles. The Labute approximate surface area is 164 Å². The monoisotopic (exact) mass is 379 g/mol. The summed E-state index contributed by atoms with van der Waals surface area (Å²) in [6.07, 6.45) is 3.34. The summed E-state index contributed by atoms with van der Waals surface area (Å²) in [5, 5.41) is 5.22. The Hall–Kier alpha value is -2.24. The van der Waals surface area contributed by atoms with Gasteiger partial charge in [0.25, 0.3) is 0 Å². The van der Waals surface area contributed by atoms with Gasteiger partial charge in [-0.05, 0) is 55.6 Å². The van der Waals surface area contributed by atoms with Gasteiger partial charge in [0, 0.05) is 43.5 Å². The SMILES string of the molecule is Fc1ccc2c(C3CCN(CCN4CCc5ccccc5C4)CC3)noc2c1. The molecule has 4 nitrogen and oxygen atoms in total. The second-order valence-corrected chi connectivity index (χ2v) is 8.12. The van der Waals surface area contributed by atoms with Crippen molar-refractivity contribution in [3.8, 4) is 0 Å². The molecule has 1 aromatic heterocycles. The molecule has 0 saturated carbocycles. The molecule has 0 bridgehead atoms. The van der Waals surface area contributed by atoms with Crippen molar-refractivity contribution in [1.82, 2.24) is 15.0 Å². The summed E-state index contributed by atoms with van der Waals surface area (Å²) in [5.41, 5.74) is 4.56. The van der Waals surface area contributed by atoms with Crippen LogP contribution in [0.5, 0.6) is 0 Å². The molecule has 146 valence electrons. The van der Waals surface area contributed by atoms with Gasteiger partial charge in [-0.3, -0.25) is 4.90 Å². The minimum atomic E-state index is -0.273. The second-order valence-electron chi connectivity index (χ2n) is 8.12. The number of hydrogen-bond donors (Lipinski definition) is 0. The van der Waals surface area contributed by atoms with E-state index in [9.17, 15) is 4.39 Å². The number of nitrogens with zero attached hydrogens (tertiary/aromatic N) is 3. The maximum Gasteiger partial charge on any atom is 0.170 e. The van der Waals surface area contributed by atoms with Crippen LogP contribution in [-0.4, -0.2) is 47.7 Å². The molecule has 1 fully saturated rings. The normalized spacial score (nSPS) is 19.2. The molecule has 5 heteroatoms. The Morgan fingerprint density at radius 3 is 2.61 bits per heavy atom. The number of halogens is 1. The van der Waals surface area contributed by atoms with E-state index in [1.165, 1.54) is 23.3 Å². The van der Waals surface area contributed by atoms with Crippen LogP contribution in [0.2, 0.25) is 0 Å². The van der Waals surface area contributed by atoms with Gasteiger partial charge in [0.05, 0.1) is 5.69 Å². The van der Waals surface area contributed by atoms with Gasteiger partial charge in [-0.25, -0.2) is 4.39 Å². The van der Waals surface area contributed by atoms with Gasteiger partial charge in [-0.2, -0.15) is 0 Å². The Morgan fingerprint density at radius 1 is 0.964 bits per heavy atom. The third-order valence-corrected chi connectivity index (χ3v) is 6.38. The fourth-order valence-corrected chi connectivity index (χ4v) is 4.68. The standard InChI is InChI=1S/C23H26FN3O/c24-20-5-6-21-22(15-20)28-25-23(21)18-8-10-26(11-9-18)13-14-27-12-7-17-3-1-2-4-19(17)16-27/h1-6,15,18H,7-14,16H2. The molecule has 2 aliphatic rings. The summed E-state index contributed by atoms with van der Waals surface area (Å²) >= 11 is 0. The summed E-state index contributed by atoms with van der Waals surface area (Å²) < 4.78 is 18.7. The lowest BCUT2D eigenvalue weighted by molar-refractivity contribution is 0.164. The molecule has 0 N–H and O–H groups in total. The van der Waals surface area contributed by atoms with Crippen molar-refractivity contribution in [2.24, 2.45) is 0 Å². The molecule has 2 aliphatic heterocycles. The number of likely N-dealkylation sites (tertiary alicyclic amines) is 1. The fourth-order valence-electron chi connectivity index (χ4n) is 4.68. The van der Waals surface area contributed by atoms with Crippen molar-refractivity contribution in [2.45, 2.75) is 31.7 Å². The van der Waals surface area contributed by atoms with E-state index in [-0.39, 0.29) is 5.82 Å². The highest BCUT2D eigenvalue weighted by Gasteiger charge is 2.25. The highest BCUT2D eigenvalue weighted by molar-refractivity contribution is 5.79. The lowest BCUT2D eigenvalue weighted by atomic mass is 9.91. The first kappa shape index (κ1) is 17.8. The molecule has 1 saturated heterocycles. The van der Waals surface area contributed by atoms with Gasteiger partial charge in [0.15, 0.2) is 5.58 Å². The van der Waals surface area contributed by atoms with Crippen LogP contribution in [0.4, 0.5) is 4.39 Å². The molecular formula is C23H26FN3O. The third kappa shape index (κ3) is 3.56. The quantitative estimate of drug-likeness (QED) is 0.680. The summed E-state index contributed by atoms with van der Waals surface area (Å²) in [4.78, 5) is 5.15. The van der Waals surface area contributed by atoms with E-state index in [2.05, 4.69) is 39.2 Å². The number of piperidine rings is 1. The second kappa shape index (κ2) is 7.64. The molecule has 0 amide bonds. The maximum atomic E-state index is 13.4. The summed E-state index contributed by atoms with van der Waals surface area (Å²) in [6, 6.07) is 13.5. The molecule has 3 aromatic rings. The van der Waals surface area contributed by atoms with Crippen molar-refractivity contribution in [1.29, 1.82) is 0 Å². The zero-order chi connectivity index (χ0) is 18.9. The molecule has 28 heavy (non-hydrogen) atoms. The van der Waals surface area contributed by atoms with Crippen molar-refractivity contribution < 1.29 is 8.91 Å². The average molecular weight is 379 g/mol. The first-order valence-electron chi connectivity index (χ1n) is 10.3. The summed E-state index contributed by atoms with van der Waals surface area (Å²) in [7, 11) is 0. The topological polar surface area (TPSA) is 32.5 Å². The number of fused-ring (bicyclic) bond motifs is 2. The molecule has 0 radical (unpaired) electrons. The van der Waals surface area contributed by atoms with Crippen LogP contribution in [0.25, 0.3) is 11.0 Å². The van der Waals surface area contributed by atoms with E-state index in [0.717, 1.165) is 69.6 Å². The van der Waals surface area contributed by atoms with E-state index in [1.807, 2.05) is 0 Å². The number of hydrogen-bond acceptors (Lipinski definition) is 4. The van der Waals surface area contributed by atoms with Crippen molar-refractivity contribution in [3.05, 3.63) is 65.1 Å². The van der Waals surface area contributed by atoms with Gasteiger partial charge in [0.2, 0.25) is 0 Å². The molecule has 0 atom stereocenters. The van der Waals surface area contributed by atoms with E-state index in [4.69, 9.17) is 4.52 Å². The van der Waals surface area contributed by atoms with Crippen LogP contribution >= 0.6 is 0 Å². The highest BCUT2D eigenvalue weighted by atomic mass is 19.1. The lowest BCUT2D eigenvalue weighted by Gasteiger charge is -2.34. The van der Waals surface area contributed by atoms with Crippen LogP contribution in [0.3, 0.4) is 0 Å². The van der Waals surface area contributed by atoms with E-state index < -0.39 is 0 Å². The van der Waals surface area contributed by atoms with E-state index >= 15 is 0 Å². The van der Waals surface area contributed by atoms with Crippen LogP contribution < -0.4 is 0 Å². The van der Waals surface area contributed by atoms with Crippen LogP contribution in [0.15, 0.2) is 47.0 Å². The predicted molar refractivity (Wildman–Crippen MR) is 108 cm³/mol. The molecule has 0 spiro atoms. The van der Waals surface area contributed by atoms with Crippen LogP contribution in [-0.2, 0) is 13.0 Å². The highest BCUT2D eigenvalue weighted by Crippen LogP contribution is 2.32. The summed E-state index contributed by atoms with van der Waals surface area (Å²) in [5.74, 6) is 0.134. The third-order valence-electron chi connectivity index (χ3n) is 6.38. The Bertz CT molecular complexity index is 961. The van der Waals surface area contributed by atoms with E-state index in [1.54, 1.807) is 6.07 Å². The molecule has 0 unspecified atom stereocenters. The first-order valence-corrected chi connectivity index (χ1v) is 10.3. The zero-order valence-electron chi connectivity index (χ0n) is 16.1. The Balaban J connectivity index is 1.15. The molecule has 2 aromatic carbocycles. The Kier molecular flexibility index (Phi) is 4.87. The smallest absolute Gasteiger partial charge is 0.170 e. The Morgan fingerprint density at radius 2 is 1.75 bits per heavy atom. The maximum absolute atomic E-state index is 13.4. The van der Waals surface area contributed by atoms with Crippen molar-refractivity contribution in [2.75, 3.05) is 32.7 Å². The van der Waals surface area contributed by atoms with Gasteiger partial charge < -0.3 is 9.42 Å². The van der Waals surface area contributed by atoms with Gasteiger partial charge in [0.1, 0.15) is 5.82 Å². The lowest BCUT2D eigenvalue weighted by Crippen LogP contribution is -2.41. The first-order chi connectivity index (χ1) is 13.8. The predicted octanol–water partition coefficient (Wildman–Crippen LogP) is 4.20. The van der Waals surface area contributed by atoms with Crippen molar-refractivity contribution in [3.63, 3.8) is 0 Å². The summed E-state index contributed by atoms with van der Waals surface area (Å²) in [6.45, 7) is 6.67. The van der Waals surface area contributed by atoms with E-state index in [0.29, 0.717) is 11.5 Å². The minimum absolute atomic E-state index is 0.273. The van der Waals surface area contributed by atoms with Gasteiger partial charge in [-0.1, -0.05) is 29.4 Å². The molecule has 5 rings (SSSR count). The molecular weight excluding hydrogens is 353 g/mol. The van der Waals surface area contributed by atoms with Crippen LogP contribution in [0.1, 0.15) is 35.6 Å². The van der Waals surface area contributed by atoms with Crippen molar-refractivity contribution >= 4 is 11.0 Å². The van der Waals surface area contributed by atoms with Crippen LogP contribution in [0, 0.1) is 5.82 Å². The number of aromatic nitrogens is 1. The number of rotatable bonds is 4. The molecule has 3 heterocycles. The minimum Gasteiger partial charge on any atom is -0.356 e. The van der Waals surface area contributed by atoms with Gasteiger partial charge >= 0.3 is 0 Å².